The highest BCUT2D eigenvalue weighted by molar-refractivity contribution is 5.92. The Morgan fingerprint density at radius 1 is 0.939 bits per heavy atom. The molecule has 33 heavy (non-hydrogen) atoms. The summed E-state index contributed by atoms with van der Waals surface area (Å²) < 4.78 is 11.2. The van der Waals surface area contributed by atoms with E-state index in [0.717, 1.165) is 18.7 Å². The van der Waals surface area contributed by atoms with E-state index in [4.69, 9.17) is 9.47 Å². The molecular formula is C26H33N3O4. The van der Waals surface area contributed by atoms with E-state index >= 15 is 0 Å². The summed E-state index contributed by atoms with van der Waals surface area (Å²) in [5, 5.41) is 2.79. The molecule has 0 radical (unpaired) electrons. The van der Waals surface area contributed by atoms with Crippen molar-refractivity contribution in [3.05, 3.63) is 60.2 Å². The highest BCUT2D eigenvalue weighted by Gasteiger charge is 2.20. The average molecular weight is 452 g/mol. The second-order valence-corrected chi connectivity index (χ2v) is 7.65. The molecule has 0 unspecified atom stereocenters. The van der Waals surface area contributed by atoms with E-state index in [1.165, 1.54) is 11.8 Å². The van der Waals surface area contributed by atoms with E-state index in [-0.39, 0.29) is 11.8 Å². The molecule has 7 heteroatoms. The number of ether oxygens (including phenoxy) is 2. The first-order chi connectivity index (χ1) is 16.1. The van der Waals surface area contributed by atoms with Crippen molar-refractivity contribution in [3.8, 4) is 11.5 Å². The van der Waals surface area contributed by atoms with Crippen LogP contribution < -0.4 is 19.7 Å². The molecule has 7 nitrogen and oxygen atoms in total. The van der Waals surface area contributed by atoms with Crippen molar-refractivity contribution in [1.82, 2.24) is 10.2 Å². The van der Waals surface area contributed by atoms with Gasteiger partial charge in [-0.25, -0.2) is 0 Å². The Labute approximate surface area is 196 Å². The molecular weight excluding hydrogens is 418 g/mol. The summed E-state index contributed by atoms with van der Waals surface area (Å²) in [5.41, 5.74) is 2.02. The molecule has 2 aromatic carbocycles. The van der Waals surface area contributed by atoms with Gasteiger partial charge in [-0.1, -0.05) is 24.3 Å². The number of rotatable bonds is 10. The third-order valence-electron chi connectivity index (χ3n) is 5.39. The number of hydrogen-bond acceptors (Lipinski definition) is 5. The number of benzene rings is 2. The lowest BCUT2D eigenvalue weighted by molar-refractivity contribution is -0.131. The second kappa shape index (κ2) is 12.5. The molecule has 2 aromatic rings. The molecule has 0 spiro atoms. The zero-order valence-corrected chi connectivity index (χ0v) is 19.5. The SMILES string of the molecule is CCOc1ccc(/C=C/C(=O)NCCC(=O)N2CCN(c3ccccc3)CC2)cc1OCC. The lowest BCUT2D eigenvalue weighted by atomic mass is 10.2. The molecule has 3 rings (SSSR count). The minimum Gasteiger partial charge on any atom is -0.490 e. The number of nitrogens with one attached hydrogen (secondary N) is 1. The van der Waals surface area contributed by atoms with Gasteiger partial charge in [0.05, 0.1) is 13.2 Å². The number of amides is 2. The zero-order valence-electron chi connectivity index (χ0n) is 19.5. The van der Waals surface area contributed by atoms with E-state index in [1.807, 2.05) is 55.1 Å². The smallest absolute Gasteiger partial charge is 0.244 e. The topological polar surface area (TPSA) is 71.1 Å². The number of anilines is 1. The van der Waals surface area contributed by atoms with Gasteiger partial charge in [0.25, 0.3) is 0 Å². The van der Waals surface area contributed by atoms with Crippen molar-refractivity contribution in [2.75, 3.05) is 50.8 Å². The van der Waals surface area contributed by atoms with Crippen LogP contribution in [0.5, 0.6) is 11.5 Å². The highest BCUT2D eigenvalue weighted by atomic mass is 16.5. The van der Waals surface area contributed by atoms with Crippen molar-refractivity contribution in [1.29, 1.82) is 0 Å². The van der Waals surface area contributed by atoms with Crippen LogP contribution >= 0.6 is 0 Å². The van der Waals surface area contributed by atoms with Crippen molar-refractivity contribution in [2.45, 2.75) is 20.3 Å². The minimum absolute atomic E-state index is 0.0693. The molecule has 0 bridgehead atoms. The fourth-order valence-corrected chi connectivity index (χ4v) is 3.71. The van der Waals surface area contributed by atoms with Crippen molar-refractivity contribution < 1.29 is 19.1 Å². The van der Waals surface area contributed by atoms with Crippen LogP contribution in [-0.2, 0) is 9.59 Å². The van der Waals surface area contributed by atoms with Gasteiger partial charge in [0.2, 0.25) is 11.8 Å². The predicted octanol–water partition coefficient (Wildman–Crippen LogP) is 3.35. The molecule has 1 aliphatic heterocycles. The lowest BCUT2D eigenvalue weighted by Gasteiger charge is -2.36. The van der Waals surface area contributed by atoms with Gasteiger partial charge in [0.15, 0.2) is 11.5 Å². The summed E-state index contributed by atoms with van der Waals surface area (Å²) in [4.78, 5) is 28.8. The van der Waals surface area contributed by atoms with Crippen LogP contribution in [0.4, 0.5) is 5.69 Å². The van der Waals surface area contributed by atoms with E-state index in [2.05, 4.69) is 22.3 Å². The summed E-state index contributed by atoms with van der Waals surface area (Å²) in [7, 11) is 0. The molecule has 1 saturated heterocycles. The normalized spacial score (nSPS) is 13.8. The van der Waals surface area contributed by atoms with Crippen molar-refractivity contribution in [2.24, 2.45) is 0 Å². The molecule has 1 N–H and O–H groups in total. The van der Waals surface area contributed by atoms with E-state index in [1.54, 1.807) is 6.08 Å². The monoisotopic (exact) mass is 451 g/mol. The molecule has 1 heterocycles. The van der Waals surface area contributed by atoms with Gasteiger partial charge in [-0.3, -0.25) is 9.59 Å². The highest BCUT2D eigenvalue weighted by Crippen LogP contribution is 2.29. The largest absolute Gasteiger partial charge is 0.490 e. The van der Waals surface area contributed by atoms with Crippen LogP contribution in [0.2, 0.25) is 0 Å². The Morgan fingerprint density at radius 2 is 1.64 bits per heavy atom. The average Bonchev–Trinajstić information content (AvgIpc) is 2.85. The fourth-order valence-electron chi connectivity index (χ4n) is 3.71. The van der Waals surface area contributed by atoms with Crippen LogP contribution in [-0.4, -0.2) is 62.7 Å². The maximum atomic E-state index is 12.5. The minimum atomic E-state index is -0.233. The fraction of sp³-hybridized carbons (Fsp3) is 0.385. The zero-order chi connectivity index (χ0) is 23.5. The maximum absolute atomic E-state index is 12.5. The Morgan fingerprint density at radius 3 is 2.33 bits per heavy atom. The number of carbonyl (C=O) groups excluding carboxylic acids is 2. The Hall–Kier alpha value is -3.48. The van der Waals surface area contributed by atoms with Crippen LogP contribution in [0.15, 0.2) is 54.6 Å². The molecule has 0 aromatic heterocycles. The van der Waals surface area contributed by atoms with Crippen LogP contribution in [0, 0.1) is 0 Å². The van der Waals surface area contributed by atoms with Crippen LogP contribution in [0.1, 0.15) is 25.8 Å². The van der Waals surface area contributed by atoms with Crippen molar-refractivity contribution in [3.63, 3.8) is 0 Å². The van der Waals surface area contributed by atoms with Gasteiger partial charge in [0.1, 0.15) is 0 Å². The van der Waals surface area contributed by atoms with Crippen LogP contribution in [0.3, 0.4) is 0 Å². The predicted molar refractivity (Wildman–Crippen MR) is 131 cm³/mol. The number of hydrogen-bond donors (Lipinski definition) is 1. The van der Waals surface area contributed by atoms with Crippen LogP contribution in [0.25, 0.3) is 6.08 Å². The first-order valence-electron chi connectivity index (χ1n) is 11.5. The van der Waals surface area contributed by atoms with Gasteiger partial charge in [-0.2, -0.15) is 0 Å². The summed E-state index contributed by atoms with van der Waals surface area (Å²) in [5.74, 6) is 1.17. The number of nitrogens with zero attached hydrogens (tertiary/aromatic N) is 2. The van der Waals surface area contributed by atoms with Gasteiger partial charge in [-0.15, -0.1) is 0 Å². The van der Waals surface area contributed by atoms with Gasteiger partial charge >= 0.3 is 0 Å². The second-order valence-electron chi connectivity index (χ2n) is 7.65. The van der Waals surface area contributed by atoms with E-state index in [9.17, 15) is 9.59 Å². The molecule has 0 saturated carbocycles. The molecule has 0 aliphatic carbocycles. The maximum Gasteiger partial charge on any atom is 0.244 e. The lowest BCUT2D eigenvalue weighted by Crippen LogP contribution is -2.49. The molecule has 176 valence electrons. The summed E-state index contributed by atoms with van der Waals surface area (Å²) >= 11 is 0. The summed E-state index contributed by atoms with van der Waals surface area (Å²) in [6.07, 6.45) is 3.48. The quantitative estimate of drug-likeness (QED) is 0.561. The van der Waals surface area contributed by atoms with Crippen molar-refractivity contribution >= 4 is 23.6 Å². The number of piperazine rings is 1. The molecule has 0 atom stereocenters. The number of para-hydroxylation sites is 1. The third-order valence-corrected chi connectivity index (χ3v) is 5.39. The first-order valence-corrected chi connectivity index (χ1v) is 11.5. The molecule has 2 amide bonds. The Bertz CT molecular complexity index is 938. The molecule has 1 fully saturated rings. The van der Waals surface area contributed by atoms with Gasteiger partial charge in [-0.05, 0) is 49.8 Å². The molecule has 1 aliphatic rings. The standard InChI is InChI=1S/C26H33N3O4/c1-3-32-23-12-10-21(20-24(23)33-4-2)11-13-25(30)27-15-14-26(31)29-18-16-28(17-19-29)22-8-6-5-7-9-22/h5-13,20H,3-4,14-19H2,1-2H3,(H,27,30)/b13-11+. The Balaban J connectivity index is 1.41. The first kappa shape index (κ1) is 24.2. The number of carbonyl (C=O) groups is 2. The Kier molecular flexibility index (Phi) is 9.18. The van der Waals surface area contributed by atoms with Gasteiger partial charge in [0, 0.05) is 50.9 Å². The van der Waals surface area contributed by atoms with E-state index in [0.29, 0.717) is 50.8 Å². The van der Waals surface area contributed by atoms with Gasteiger partial charge < -0.3 is 24.6 Å². The summed E-state index contributed by atoms with van der Waals surface area (Å²) in [6, 6.07) is 15.8. The third kappa shape index (κ3) is 7.27. The van der Waals surface area contributed by atoms with E-state index < -0.39 is 0 Å². The summed E-state index contributed by atoms with van der Waals surface area (Å²) in [6.45, 7) is 8.26.